The standard InChI is InChI=1S/C14H12FN3O2/c1-8-11-5-9(15)3-4-13(11)20-14(8)12(19)6-10-7-18(2)17-16-10/h3-5,7H,6H2,1-2H3. The lowest BCUT2D eigenvalue weighted by atomic mass is 10.1. The van der Waals surface area contributed by atoms with Gasteiger partial charge in [0.25, 0.3) is 0 Å². The minimum absolute atomic E-state index is 0.108. The van der Waals surface area contributed by atoms with Crippen molar-refractivity contribution in [3.8, 4) is 0 Å². The number of carbonyl (C=O) groups excluding carboxylic acids is 1. The van der Waals surface area contributed by atoms with Gasteiger partial charge in [-0.3, -0.25) is 9.48 Å². The largest absolute Gasteiger partial charge is 0.453 e. The van der Waals surface area contributed by atoms with Crippen LogP contribution in [0.15, 0.2) is 28.8 Å². The molecule has 0 N–H and O–H groups in total. The predicted octanol–water partition coefficient (Wildman–Crippen LogP) is 2.43. The summed E-state index contributed by atoms with van der Waals surface area (Å²) in [6.07, 6.45) is 1.78. The second-order valence-corrected chi connectivity index (χ2v) is 4.68. The molecule has 0 saturated heterocycles. The predicted molar refractivity (Wildman–Crippen MR) is 69.9 cm³/mol. The summed E-state index contributed by atoms with van der Waals surface area (Å²) >= 11 is 0. The monoisotopic (exact) mass is 273 g/mol. The highest BCUT2D eigenvalue weighted by atomic mass is 19.1. The summed E-state index contributed by atoms with van der Waals surface area (Å²) in [4.78, 5) is 12.2. The number of hydrogen-bond acceptors (Lipinski definition) is 4. The van der Waals surface area contributed by atoms with Crippen LogP contribution < -0.4 is 0 Å². The van der Waals surface area contributed by atoms with Crippen molar-refractivity contribution in [2.45, 2.75) is 13.3 Å². The van der Waals surface area contributed by atoms with Gasteiger partial charge in [-0.05, 0) is 25.1 Å². The van der Waals surface area contributed by atoms with Gasteiger partial charge in [-0.1, -0.05) is 5.21 Å². The Morgan fingerprint density at radius 3 is 2.95 bits per heavy atom. The van der Waals surface area contributed by atoms with Crippen molar-refractivity contribution >= 4 is 16.8 Å². The van der Waals surface area contributed by atoms with E-state index in [0.29, 0.717) is 22.2 Å². The first-order valence-corrected chi connectivity index (χ1v) is 6.11. The molecule has 0 radical (unpaired) electrons. The average Bonchev–Trinajstić information content (AvgIpc) is 2.94. The molecule has 0 aliphatic carbocycles. The molecule has 20 heavy (non-hydrogen) atoms. The van der Waals surface area contributed by atoms with Gasteiger partial charge in [0.2, 0.25) is 5.78 Å². The average molecular weight is 273 g/mol. The number of furan rings is 1. The maximum absolute atomic E-state index is 13.2. The fourth-order valence-electron chi connectivity index (χ4n) is 2.18. The summed E-state index contributed by atoms with van der Waals surface area (Å²) < 4.78 is 20.3. The molecule has 3 aromatic rings. The molecule has 5 nitrogen and oxygen atoms in total. The van der Waals surface area contributed by atoms with Gasteiger partial charge in [0.15, 0.2) is 5.76 Å². The van der Waals surface area contributed by atoms with Crippen molar-refractivity contribution in [3.63, 3.8) is 0 Å². The van der Waals surface area contributed by atoms with Crippen molar-refractivity contribution in [3.05, 3.63) is 47.2 Å². The summed E-state index contributed by atoms with van der Waals surface area (Å²) in [6, 6.07) is 4.20. The Morgan fingerprint density at radius 1 is 1.45 bits per heavy atom. The normalized spacial score (nSPS) is 11.2. The molecule has 0 fully saturated rings. The van der Waals surface area contributed by atoms with E-state index in [1.54, 1.807) is 20.2 Å². The number of halogens is 1. The number of Topliss-reactive ketones (excluding diaryl/α,β-unsaturated/α-hetero) is 1. The second kappa shape index (κ2) is 4.56. The summed E-state index contributed by atoms with van der Waals surface area (Å²) in [6.45, 7) is 1.75. The van der Waals surface area contributed by atoms with E-state index in [1.165, 1.54) is 22.9 Å². The molecule has 6 heteroatoms. The van der Waals surface area contributed by atoms with Gasteiger partial charge in [-0.25, -0.2) is 4.39 Å². The topological polar surface area (TPSA) is 60.9 Å². The van der Waals surface area contributed by atoms with Crippen LogP contribution in [0.3, 0.4) is 0 Å². The number of fused-ring (bicyclic) bond motifs is 1. The van der Waals surface area contributed by atoms with Crippen molar-refractivity contribution in [2.24, 2.45) is 7.05 Å². The number of benzene rings is 1. The number of ketones is 1. The second-order valence-electron chi connectivity index (χ2n) is 4.68. The van der Waals surface area contributed by atoms with Crippen LogP contribution in [0.25, 0.3) is 11.0 Å². The first-order valence-electron chi connectivity index (χ1n) is 6.11. The van der Waals surface area contributed by atoms with Crippen LogP contribution in [0.4, 0.5) is 4.39 Å². The Hall–Kier alpha value is -2.50. The van der Waals surface area contributed by atoms with Gasteiger partial charge < -0.3 is 4.42 Å². The zero-order valence-corrected chi connectivity index (χ0v) is 11.1. The van der Waals surface area contributed by atoms with Crippen LogP contribution in [-0.4, -0.2) is 20.8 Å². The molecule has 102 valence electrons. The van der Waals surface area contributed by atoms with Crippen LogP contribution in [0.1, 0.15) is 21.8 Å². The highest BCUT2D eigenvalue weighted by molar-refractivity contribution is 6.01. The third-order valence-corrected chi connectivity index (χ3v) is 3.14. The number of hydrogen-bond donors (Lipinski definition) is 0. The Balaban J connectivity index is 1.97. The van der Waals surface area contributed by atoms with E-state index >= 15 is 0 Å². The van der Waals surface area contributed by atoms with Crippen LogP contribution >= 0.6 is 0 Å². The molecule has 1 aromatic carbocycles. The highest BCUT2D eigenvalue weighted by Crippen LogP contribution is 2.26. The van der Waals surface area contributed by atoms with Crippen molar-refractivity contribution in [1.29, 1.82) is 0 Å². The quantitative estimate of drug-likeness (QED) is 0.688. The lowest BCUT2D eigenvalue weighted by molar-refractivity contribution is 0.0966. The van der Waals surface area contributed by atoms with Crippen molar-refractivity contribution in [1.82, 2.24) is 15.0 Å². The van der Waals surface area contributed by atoms with Gasteiger partial charge >= 0.3 is 0 Å². The molecule has 0 unspecified atom stereocenters. The lowest BCUT2D eigenvalue weighted by Crippen LogP contribution is -2.04. The maximum atomic E-state index is 13.2. The minimum atomic E-state index is -0.352. The van der Waals surface area contributed by atoms with E-state index in [2.05, 4.69) is 10.3 Å². The number of nitrogens with zero attached hydrogens (tertiary/aromatic N) is 3. The Bertz CT molecular complexity index is 804. The lowest BCUT2D eigenvalue weighted by Gasteiger charge is -1.95. The molecule has 0 amide bonds. The molecule has 0 saturated carbocycles. The van der Waals surface area contributed by atoms with Crippen molar-refractivity contribution in [2.75, 3.05) is 0 Å². The number of rotatable bonds is 3. The molecule has 3 rings (SSSR count). The molecule has 0 bridgehead atoms. The third kappa shape index (κ3) is 2.09. The van der Waals surface area contributed by atoms with E-state index in [-0.39, 0.29) is 23.8 Å². The van der Waals surface area contributed by atoms with Gasteiger partial charge in [0.1, 0.15) is 11.4 Å². The molecule has 0 atom stereocenters. The van der Waals surface area contributed by atoms with E-state index < -0.39 is 0 Å². The van der Waals surface area contributed by atoms with Crippen LogP contribution in [0, 0.1) is 12.7 Å². The highest BCUT2D eigenvalue weighted by Gasteiger charge is 2.19. The zero-order valence-electron chi connectivity index (χ0n) is 11.1. The van der Waals surface area contributed by atoms with Gasteiger partial charge in [0, 0.05) is 24.2 Å². The van der Waals surface area contributed by atoms with Crippen LogP contribution in [0.5, 0.6) is 0 Å². The summed E-state index contributed by atoms with van der Waals surface area (Å²) in [5, 5.41) is 8.26. The molecule has 0 spiro atoms. The van der Waals surface area contributed by atoms with Crippen LogP contribution in [0.2, 0.25) is 0 Å². The fourth-order valence-corrected chi connectivity index (χ4v) is 2.18. The Labute approximate surface area is 114 Å². The third-order valence-electron chi connectivity index (χ3n) is 3.14. The van der Waals surface area contributed by atoms with E-state index in [0.717, 1.165) is 0 Å². The zero-order chi connectivity index (χ0) is 14.3. The van der Waals surface area contributed by atoms with Gasteiger partial charge in [0.05, 0.1) is 12.1 Å². The fraction of sp³-hybridized carbons (Fsp3) is 0.214. The SMILES string of the molecule is Cc1c(C(=O)Cc2cn(C)nn2)oc2ccc(F)cc12. The number of carbonyl (C=O) groups is 1. The number of aryl methyl sites for hydroxylation is 2. The van der Waals surface area contributed by atoms with E-state index in [4.69, 9.17) is 4.42 Å². The first-order chi connectivity index (χ1) is 9.54. The summed E-state index contributed by atoms with van der Waals surface area (Å²) in [7, 11) is 1.73. The summed E-state index contributed by atoms with van der Waals surface area (Å²) in [5.41, 5.74) is 1.73. The molecule has 0 aliphatic heterocycles. The van der Waals surface area contributed by atoms with E-state index in [1.807, 2.05) is 0 Å². The maximum Gasteiger partial charge on any atom is 0.204 e. The van der Waals surface area contributed by atoms with Crippen LogP contribution in [-0.2, 0) is 13.5 Å². The summed E-state index contributed by atoms with van der Waals surface area (Å²) in [5.74, 6) is -0.301. The molecule has 2 aromatic heterocycles. The van der Waals surface area contributed by atoms with Gasteiger partial charge in [-0.15, -0.1) is 5.10 Å². The van der Waals surface area contributed by atoms with Crippen molar-refractivity contribution < 1.29 is 13.6 Å². The first kappa shape index (κ1) is 12.5. The molecule has 0 aliphatic rings. The molecular formula is C14H12FN3O2. The smallest absolute Gasteiger partial charge is 0.204 e. The molecule has 2 heterocycles. The Kier molecular flexibility index (Phi) is 2.85. The molecular weight excluding hydrogens is 261 g/mol. The van der Waals surface area contributed by atoms with E-state index in [9.17, 15) is 9.18 Å². The van der Waals surface area contributed by atoms with Gasteiger partial charge in [-0.2, -0.15) is 0 Å². The number of aromatic nitrogens is 3. The Morgan fingerprint density at radius 2 is 2.25 bits per heavy atom. The minimum Gasteiger partial charge on any atom is -0.453 e.